The number of rotatable bonds is 9. The lowest BCUT2D eigenvalue weighted by atomic mass is 9.82. The summed E-state index contributed by atoms with van der Waals surface area (Å²) >= 11 is 12.0. The largest absolute Gasteiger partial charge is 0.451 e. The van der Waals surface area contributed by atoms with E-state index >= 15 is 0 Å². The lowest BCUT2D eigenvalue weighted by Crippen LogP contribution is -2.48. The highest BCUT2D eigenvalue weighted by Gasteiger charge is 2.27. The van der Waals surface area contributed by atoms with Crippen molar-refractivity contribution >= 4 is 30.3 Å². The zero-order valence-corrected chi connectivity index (χ0v) is 14.8. The summed E-state index contributed by atoms with van der Waals surface area (Å²) in [6.45, 7) is 3.05. The van der Waals surface area contributed by atoms with Gasteiger partial charge in [-0.25, -0.2) is 0 Å². The monoisotopic (exact) mass is 358 g/mol. The number of nitrogens with zero attached hydrogens (tertiary/aromatic N) is 1. The van der Waals surface area contributed by atoms with Crippen molar-refractivity contribution in [3.05, 3.63) is 33.8 Å². The van der Waals surface area contributed by atoms with Gasteiger partial charge in [-0.2, -0.15) is 0 Å². The Morgan fingerprint density at radius 1 is 1.22 bits per heavy atom. The zero-order chi connectivity index (χ0) is 16.8. The van der Waals surface area contributed by atoms with Gasteiger partial charge in [-0.15, -0.1) is 0 Å². The summed E-state index contributed by atoms with van der Waals surface area (Å²) < 4.78 is 0. The molecule has 4 nitrogen and oxygen atoms in total. The maximum atomic E-state index is 8.80. The lowest BCUT2D eigenvalue weighted by molar-refractivity contribution is 0.0808. The van der Waals surface area contributed by atoms with Crippen LogP contribution in [0.1, 0.15) is 31.2 Å². The third-order valence-corrected chi connectivity index (χ3v) is 5.09. The summed E-state index contributed by atoms with van der Waals surface area (Å²) in [7, 11) is -1.19. The molecule has 0 amide bonds. The molecule has 7 heteroatoms. The van der Waals surface area contributed by atoms with E-state index in [9.17, 15) is 0 Å². The Morgan fingerprint density at radius 2 is 1.96 bits per heavy atom. The summed E-state index contributed by atoms with van der Waals surface area (Å²) in [6, 6.07) is 6.00. The van der Waals surface area contributed by atoms with Gasteiger partial charge in [0.1, 0.15) is 0 Å². The number of unbranched alkanes of at least 4 members (excludes halogenated alkanes) is 1. The summed E-state index contributed by atoms with van der Waals surface area (Å²) in [5, 5.41) is 18.8. The Kier molecular flexibility index (Phi) is 7.66. The number of hydrogen-bond acceptors (Lipinski definition) is 4. The molecule has 1 heterocycles. The van der Waals surface area contributed by atoms with Crippen LogP contribution in [0.5, 0.6) is 0 Å². The van der Waals surface area contributed by atoms with Gasteiger partial charge in [0.25, 0.3) is 0 Å². The quantitative estimate of drug-likeness (QED) is 0.469. The van der Waals surface area contributed by atoms with Crippen LogP contribution < -0.4 is 5.73 Å². The van der Waals surface area contributed by atoms with Gasteiger partial charge in [0.05, 0.1) is 10.0 Å². The molecule has 1 aromatic rings. The molecule has 23 heavy (non-hydrogen) atoms. The second-order valence-electron chi connectivity index (χ2n) is 6.57. The maximum Gasteiger partial charge on any atom is 0.451 e. The van der Waals surface area contributed by atoms with Crippen molar-refractivity contribution in [3.8, 4) is 0 Å². The van der Waals surface area contributed by atoms with Crippen LogP contribution >= 0.6 is 23.2 Å². The minimum Gasteiger partial charge on any atom is -0.427 e. The molecule has 0 spiro atoms. The normalized spacial score (nSPS) is 17.1. The molecule has 0 saturated carbocycles. The number of likely N-dealkylation sites (tertiary alicyclic amines) is 1. The molecule has 128 valence electrons. The van der Waals surface area contributed by atoms with Crippen molar-refractivity contribution in [2.75, 3.05) is 13.1 Å². The maximum absolute atomic E-state index is 8.80. The number of halogens is 2. The van der Waals surface area contributed by atoms with Crippen LogP contribution in [0.15, 0.2) is 18.2 Å². The fourth-order valence-corrected chi connectivity index (χ4v) is 3.45. The average Bonchev–Trinajstić information content (AvgIpc) is 2.45. The van der Waals surface area contributed by atoms with Crippen LogP contribution in [0.2, 0.25) is 16.4 Å². The van der Waals surface area contributed by atoms with Crippen LogP contribution in [0.4, 0.5) is 0 Å². The Labute approximate surface area is 148 Å². The molecule has 0 radical (unpaired) electrons. The second kappa shape index (κ2) is 9.26. The number of benzene rings is 1. The third kappa shape index (κ3) is 6.61. The van der Waals surface area contributed by atoms with Gasteiger partial charge in [-0.05, 0) is 42.8 Å². The topological polar surface area (TPSA) is 69.7 Å². The fraction of sp³-hybridized carbons (Fsp3) is 0.625. The van der Waals surface area contributed by atoms with Gasteiger partial charge in [0.2, 0.25) is 0 Å². The van der Waals surface area contributed by atoms with Crippen molar-refractivity contribution < 1.29 is 10.0 Å². The second-order valence-corrected chi connectivity index (χ2v) is 7.38. The van der Waals surface area contributed by atoms with E-state index in [2.05, 4.69) is 4.90 Å². The van der Waals surface area contributed by atoms with Gasteiger partial charge in [-0.1, -0.05) is 42.1 Å². The molecule has 1 unspecified atom stereocenters. The first-order valence-corrected chi connectivity index (χ1v) is 8.97. The molecule has 1 aromatic carbocycles. The highest BCUT2D eigenvalue weighted by Crippen LogP contribution is 2.27. The highest BCUT2D eigenvalue weighted by molar-refractivity contribution is 6.42. The molecule has 1 aliphatic heterocycles. The molecule has 2 rings (SSSR count). The minimum absolute atomic E-state index is 0.211. The predicted octanol–water partition coefficient (Wildman–Crippen LogP) is 2.79. The molecular formula is C16H25BCl2N2O2. The van der Waals surface area contributed by atoms with Crippen molar-refractivity contribution in [2.24, 2.45) is 11.7 Å². The van der Waals surface area contributed by atoms with Crippen LogP contribution in [-0.2, 0) is 6.54 Å². The summed E-state index contributed by atoms with van der Waals surface area (Å²) in [5.74, 6) is 0.663. The molecule has 0 aromatic heterocycles. The van der Waals surface area contributed by atoms with Gasteiger partial charge in [-0.3, -0.25) is 4.90 Å². The van der Waals surface area contributed by atoms with Crippen molar-refractivity contribution in [2.45, 2.75) is 44.6 Å². The summed E-state index contributed by atoms with van der Waals surface area (Å²) in [6.07, 6.45) is 4.21. The van der Waals surface area contributed by atoms with E-state index < -0.39 is 7.12 Å². The van der Waals surface area contributed by atoms with Crippen LogP contribution in [0.3, 0.4) is 0 Å². The first kappa shape index (κ1) is 19.0. The Morgan fingerprint density at radius 3 is 2.61 bits per heavy atom. The summed E-state index contributed by atoms with van der Waals surface area (Å²) in [5.41, 5.74) is 7.34. The average molecular weight is 359 g/mol. The Bertz CT molecular complexity index is 499. The van der Waals surface area contributed by atoms with Gasteiger partial charge in [0.15, 0.2) is 0 Å². The van der Waals surface area contributed by atoms with Gasteiger partial charge >= 0.3 is 7.12 Å². The Hall–Kier alpha value is -0.295. The molecule has 0 bridgehead atoms. The van der Waals surface area contributed by atoms with Crippen molar-refractivity contribution in [1.29, 1.82) is 0 Å². The molecule has 1 fully saturated rings. The van der Waals surface area contributed by atoms with Crippen molar-refractivity contribution in [1.82, 2.24) is 4.90 Å². The highest BCUT2D eigenvalue weighted by atomic mass is 35.5. The molecular weight excluding hydrogens is 334 g/mol. The van der Waals surface area contributed by atoms with E-state index in [1.165, 1.54) is 5.56 Å². The van der Waals surface area contributed by atoms with Crippen LogP contribution in [-0.4, -0.2) is 41.2 Å². The SMILES string of the molecule is NC(CCCCB(O)O)CC1CN(Cc2ccc(Cl)c(Cl)c2)C1. The molecule has 4 N–H and O–H groups in total. The van der Waals surface area contributed by atoms with Crippen LogP contribution in [0.25, 0.3) is 0 Å². The fourth-order valence-electron chi connectivity index (χ4n) is 3.13. The lowest BCUT2D eigenvalue weighted by Gasteiger charge is -2.40. The van der Waals surface area contributed by atoms with E-state index in [0.717, 1.165) is 45.3 Å². The van der Waals surface area contributed by atoms with Gasteiger partial charge < -0.3 is 15.8 Å². The van der Waals surface area contributed by atoms with E-state index in [-0.39, 0.29) is 6.04 Å². The number of nitrogens with two attached hydrogens (primary N) is 1. The van der Waals surface area contributed by atoms with Crippen molar-refractivity contribution in [3.63, 3.8) is 0 Å². The summed E-state index contributed by atoms with van der Waals surface area (Å²) in [4.78, 5) is 2.39. The Balaban J connectivity index is 1.60. The number of hydrogen-bond donors (Lipinski definition) is 3. The molecule has 0 aliphatic carbocycles. The molecule has 1 atom stereocenters. The third-order valence-electron chi connectivity index (χ3n) is 4.35. The minimum atomic E-state index is -1.19. The first-order valence-electron chi connectivity index (χ1n) is 8.22. The zero-order valence-electron chi connectivity index (χ0n) is 13.3. The van der Waals surface area contributed by atoms with Gasteiger partial charge in [0, 0.05) is 25.7 Å². The predicted molar refractivity (Wildman–Crippen MR) is 96.7 cm³/mol. The standard InChI is InChI=1S/C16H25BCl2N2O2/c18-15-5-4-12(8-16(15)19)9-21-10-13(11-21)7-14(20)3-1-2-6-17(22)23/h4-5,8,13-14,22-23H,1-3,6-7,9-11,20H2. The van der Waals surface area contributed by atoms with E-state index in [1.54, 1.807) is 0 Å². The first-order chi connectivity index (χ1) is 10.9. The smallest absolute Gasteiger partial charge is 0.427 e. The molecule has 1 saturated heterocycles. The van der Waals surface area contributed by atoms with Crippen LogP contribution in [0, 0.1) is 5.92 Å². The van der Waals surface area contributed by atoms with E-state index in [0.29, 0.717) is 22.3 Å². The van der Waals surface area contributed by atoms with E-state index in [4.69, 9.17) is 39.0 Å². The van der Waals surface area contributed by atoms with E-state index in [1.807, 2.05) is 18.2 Å². The molecule has 1 aliphatic rings.